The fourth-order valence-corrected chi connectivity index (χ4v) is 4.08. The number of aliphatic hydroxyl groups is 1. The normalized spacial score (nSPS) is 51.7. The molecule has 2 fully saturated rings. The molecule has 10 atom stereocenters. The Morgan fingerprint density at radius 2 is 1.39 bits per heavy atom. The summed E-state index contributed by atoms with van der Waals surface area (Å²) < 4.78 is 18.3. The highest BCUT2D eigenvalue weighted by Gasteiger charge is 2.41. The Morgan fingerprint density at radius 1 is 0.783 bits per heavy atom. The zero-order valence-corrected chi connectivity index (χ0v) is 15.9. The number of hydrogen-bond donors (Lipinski definition) is 1. The molecular formula is C19H36O4. The van der Waals surface area contributed by atoms with E-state index in [0.29, 0.717) is 24.4 Å². The minimum atomic E-state index is -0.392. The van der Waals surface area contributed by atoms with Crippen molar-refractivity contribution in [3.05, 3.63) is 0 Å². The fourth-order valence-electron chi connectivity index (χ4n) is 4.08. The highest BCUT2D eigenvalue weighted by Crippen LogP contribution is 2.37. The largest absolute Gasteiger partial charge is 0.390 e. The van der Waals surface area contributed by atoms with Crippen molar-refractivity contribution in [2.24, 2.45) is 29.6 Å². The average molecular weight is 328 g/mol. The molecule has 4 heteroatoms. The van der Waals surface area contributed by atoms with E-state index >= 15 is 0 Å². The van der Waals surface area contributed by atoms with Crippen LogP contribution in [-0.4, -0.2) is 42.4 Å². The molecule has 2 saturated heterocycles. The lowest BCUT2D eigenvalue weighted by atomic mass is 9.78. The molecule has 2 rings (SSSR count). The summed E-state index contributed by atoms with van der Waals surface area (Å²) in [7, 11) is 0. The maximum atomic E-state index is 10.1. The van der Waals surface area contributed by atoms with Gasteiger partial charge in [-0.2, -0.15) is 0 Å². The van der Waals surface area contributed by atoms with Crippen LogP contribution in [0.5, 0.6) is 0 Å². The monoisotopic (exact) mass is 328 g/mol. The van der Waals surface area contributed by atoms with Crippen LogP contribution in [0.4, 0.5) is 0 Å². The van der Waals surface area contributed by atoms with E-state index < -0.39 is 6.10 Å². The maximum Gasteiger partial charge on any atom is 0.160 e. The van der Waals surface area contributed by atoms with E-state index in [1.165, 1.54) is 0 Å². The SMILES string of the molecule is CCC1O[C@@H](OCC2O[C@@H](C)C(O)[C@@H](C)[C@H]2C)C(C)[C@@H](C)[C@H]1C. The third kappa shape index (κ3) is 3.92. The summed E-state index contributed by atoms with van der Waals surface area (Å²) in [6.45, 7) is 15.7. The van der Waals surface area contributed by atoms with Crippen molar-refractivity contribution in [2.75, 3.05) is 6.61 Å². The molecule has 0 aromatic heterocycles. The Balaban J connectivity index is 1.94. The molecule has 0 saturated carbocycles. The summed E-state index contributed by atoms with van der Waals surface area (Å²) in [5.74, 6) is 2.03. The Kier molecular flexibility index (Phi) is 6.51. The highest BCUT2D eigenvalue weighted by atomic mass is 16.7. The van der Waals surface area contributed by atoms with Crippen LogP contribution in [-0.2, 0) is 14.2 Å². The smallest absolute Gasteiger partial charge is 0.160 e. The van der Waals surface area contributed by atoms with Crippen molar-refractivity contribution < 1.29 is 19.3 Å². The van der Waals surface area contributed by atoms with Crippen LogP contribution in [0.25, 0.3) is 0 Å². The topological polar surface area (TPSA) is 47.9 Å². The van der Waals surface area contributed by atoms with Crippen molar-refractivity contribution in [1.29, 1.82) is 0 Å². The minimum absolute atomic E-state index is 0.0222. The van der Waals surface area contributed by atoms with E-state index in [1.54, 1.807) is 0 Å². The van der Waals surface area contributed by atoms with Gasteiger partial charge in [-0.15, -0.1) is 0 Å². The Morgan fingerprint density at radius 3 is 2.00 bits per heavy atom. The van der Waals surface area contributed by atoms with E-state index in [2.05, 4.69) is 41.5 Å². The lowest BCUT2D eigenvalue weighted by Crippen LogP contribution is -2.51. The molecule has 1 N–H and O–H groups in total. The number of rotatable bonds is 4. The van der Waals surface area contributed by atoms with E-state index in [1.807, 2.05) is 6.92 Å². The van der Waals surface area contributed by atoms with Crippen LogP contribution in [0.2, 0.25) is 0 Å². The second-order valence-corrected chi connectivity index (χ2v) is 7.95. The lowest BCUT2D eigenvalue weighted by molar-refractivity contribution is -0.267. The van der Waals surface area contributed by atoms with Crippen LogP contribution in [0.1, 0.15) is 54.9 Å². The third-order valence-electron chi connectivity index (χ3n) is 6.64. The number of ether oxygens (including phenoxy) is 3. The predicted molar refractivity (Wildman–Crippen MR) is 91.1 cm³/mol. The molecule has 0 spiro atoms. The molecule has 4 unspecified atom stereocenters. The fraction of sp³-hybridized carbons (Fsp3) is 1.00. The summed E-state index contributed by atoms with van der Waals surface area (Å²) in [5, 5.41) is 10.1. The molecule has 2 aliphatic heterocycles. The summed E-state index contributed by atoms with van der Waals surface area (Å²) >= 11 is 0. The molecule has 4 nitrogen and oxygen atoms in total. The first-order valence-electron chi connectivity index (χ1n) is 9.38. The van der Waals surface area contributed by atoms with Crippen LogP contribution in [0, 0.1) is 29.6 Å². The molecule has 0 radical (unpaired) electrons. The van der Waals surface area contributed by atoms with E-state index in [-0.39, 0.29) is 36.4 Å². The van der Waals surface area contributed by atoms with Gasteiger partial charge < -0.3 is 19.3 Å². The Labute approximate surface area is 141 Å². The van der Waals surface area contributed by atoms with E-state index in [9.17, 15) is 5.11 Å². The Hall–Kier alpha value is -0.160. The highest BCUT2D eigenvalue weighted by molar-refractivity contribution is 4.87. The maximum absolute atomic E-state index is 10.1. The first-order chi connectivity index (χ1) is 10.8. The van der Waals surface area contributed by atoms with Gasteiger partial charge in [0.15, 0.2) is 6.29 Å². The van der Waals surface area contributed by atoms with Gasteiger partial charge >= 0.3 is 0 Å². The quantitative estimate of drug-likeness (QED) is 0.858. The summed E-state index contributed by atoms with van der Waals surface area (Å²) in [5.41, 5.74) is 0. The zero-order chi connectivity index (χ0) is 17.3. The minimum Gasteiger partial charge on any atom is -0.390 e. The molecule has 0 amide bonds. The predicted octanol–water partition coefficient (Wildman–Crippen LogP) is 3.47. The zero-order valence-electron chi connectivity index (χ0n) is 15.9. The van der Waals surface area contributed by atoms with Crippen molar-refractivity contribution in [3.8, 4) is 0 Å². The van der Waals surface area contributed by atoms with Crippen LogP contribution >= 0.6 is 0 Å². The first kappa shape index (κ1) is 19.2. The van der Waals surface area contributed by atoms with Gasteiger partial charge in [0.05, 0.1) is 31.0 Å². The summed E-state index contributed by atoms with van der Waals surface area (Å²) in [6, 6.07) is 0. The molecule has 0 bridgehead atoms. The van der Waals surface area contributed by atoms with Gasteiger partial charge in [-0.3, -0.25) is 0 Å². The molecular weight excluding hydrogens is 292 g/mol. The summed E-state index contributed by atoms with van der Waals surface area (Å²) in [6.07, 6.45) is 0.636. The van der Waals surface area contributed by atoms with Crippen molar-refractivity contribution in [3.63, 3.8) is 0 Å². The summed E-state index contributed by atoms with van der Waals surface area (Å²) in [4.78, 5) is 0. The van der Waals surface area contributed by atoms with Gasteiger partial charge in [0.1, 0.15) is 0 Å². The van der Waals surface area contributed by atoms with Crippen molar-refractivity contribution in [2.45, 2.75) is 85.6 Å². The Bertz CT molecular complexity index is 372. The number of hydrogen-bond acceptors (Lipinski definition) is 4. The van der Waals surface area contributed by atoms with Crippen LogP contribution < -0.4 is 0 Å². The second kappa shape index (κ2) is 7.81. The lowest BCUT2D eigenvalue weighted by Gasteiger charge is -2.45. The standard InChI is InChI=1S/C19H36O4/c1-8-16-11(3)10(2)14(6)19(23-16)21-9-17-12(4)13(5)18(20)15(7)22-17/h10-20H,8-9H2,1-7H3/t10-,11+,12+,13-,14?,15-,16?,17?,18?,19+/m0/s1. The molecule has 2 aliphatic rings. The molecule has 23 heavy (non-hydrogen) atoms. The van der Waals surface area contributed by atoms with Gasteiger partial charge in [0.2, 0.25) is 0 Å². The molecule has 0 aromatic rings. The van der Waals surface area contributed by atoms with Gasteiger partial charge in [0, 0.05) is 5.92 Å². The molecule has 0 aromatic carbocycles. The molecule has 2 heterocycles. The van der Waals surface area contributed by atoms with Gasteiger partial charge in [-0.1, -0.05) is 41.5 Å². The second-order valence-electron chi connectivity index (χ2n) is 7.95. The first-order valence-corrected chi connectivity index (χ1v) is 9.38. The molecule has 136 valence electrons. The van der Waals surface area contributed by atoms with Crippen molar-refractivity contribution in [1.82, 2.24) is 0 Å². The third-order valence-corrected chi connectivity index (χ3v) is 6.64. The van der Waals surface area contributed by atoms with Gasteiger partial charge in [-0.25, -0.2) is 0 Å². The van der Waals surface area contributed by atoms with Gasteiger partial charge in [-0.05, 0) is 37.0 Å². The number of aliphatic hydroxyl groups excluding tert-OH is 1. The van der Waals surface area contributed by atoms with Crippen LogP contribution in [0.15, 0.2) is 0 Å². The van der Waals surface area contributed by atoms with E-state index in [4.69, 9.17) is 14.2 Å². The molecule has 0 aliphatic carbocycles. The van der Waals surface area contributed by atoms with E-state index in [0.717, 1.165) is 6.42 Å². The van der Waals surface area contributed by atoms with Crippen molar-refractivity contribution >= 4 is 0 Å². The average Bonchev–Trinajstić information content (AvgIpc) is 2.54. The van der Waals surface area contributed by atoms with Gasteiger partial charge in [0.25, 0.3) is 0 Å². The van der Waals surface area contributed by atoms with Crippen LogP contribution in [0.3, 0.4) is 0 Å².